The Morgan fingerprint density at radius 1 is 0.222 bits per heavy atom. The third kappa shape index (κ3) is 6.83. The molecule has 0 bridgehead atoms. The van der Waals surface area contributed by atoms with Crippen LogP contribution in [0.4, 0.5) is 0 Å². The monoisotopic (exact) mass is 921 g/mol. The molecule has 0 unspecified atom stereocenters. The second-order valence-corrected chi connectivity index (χ2v) is 19.7. The van der Waals surface area contributed by atoms with Gasteiger partial charge in [0.1, 0.15) is 0 Å². The Hall–Kier alpha value is -8.79. The Kier molecular flexibility index (Phi) is 10.2. The number of benzene rings is 10. The molecule has 72 heavy (non-hydrogen) atoms. The number of nitrogens with zero attached hydrogens (tertiary/aromatic N) is 3. The van der Waals surface area contributed by atoms with E-state index in [9.17, 15) is 0 Å². The lowest BCUT2D eigenvalue weighted by Gasteiger charge is -2.18. The van der Waals surface area contributed by atoms with Crippen molar-refractivity contribution in [1.82, 2.24) is 15.0 Å². The van der Waals surface area contributed by atoms with Crippen LogP contribution in [-0.4, -0.2) is 15.0 Å². The molecule has 0 aliphatic carbocycles. The summed E-state index contributed by atoms with van der Waals surface area (Å²) in [6.45, 7) is 13.5. The van der Waals surface area contributed by atoms with Gasteiger partial charge in [-0.15, -0.1) is 0 Å². The van der Waals surface area contributed by atoms with Crippen molar-refractivity contribution in [2.24, 2.45) is 0 Å². The highest BCUT2D eigenvalue weighted by Crippen LogP contribution is 2.41. The van der Waals surface area contributed by atoms with Gasteiger partial charge in [-0.05, 0) is 198 Å². The summed E-state index contributed by atoms with van der Waals surface area (Å²) in [6.07, 6.45) is 6.21. The van der Waals surface area contributed by atoms with Gasteiger partial charge in [-0.1, -0.05) is 146 Å². The molecule has 13 rings (SSSR count). The van der Waals surface area contributed by atoms with Gasteiger partial charge in [0.05, 0.1) is 16.7 Å². The summed E-state index contributed by atoms with van der Waals surface area (Å²) in [5, 5.41) is 19.4. The van der Waals surface area contributed by atoms with Crippen molar-refractivity contribution < 1.29 is 0 Å². The van der Waals surface area contributed by atoms with E-state index in [4.69, 9.17) is 15.0 Å². The van der Waals surface area contributed by atoms with Crippen LogP contribution >= 0.6 is 0 Å². The molecule has 3 nitrogen and oxygen atoms in total. The van der Waals surface area contributed by atoms with E-state index in [0.717, 1.165) is 39.0 Å². The van der Waals surface area contributed by atoms with Gasteiger partial charge in [0.2, 0.25) is 0 Å². The summed E-state index contributed by atoms with van der Waals surface area (Å²) in [6, 6.07) is 66.3. The Bertz CT molecular complexity index is 3990. The van der Waals surface area contributed by atoms with Gasteiger partial charge in [0, 0.05) is 45.5 Å². The van der Waals surface area contributed by atoms with Crippen LogP contribution in [0.2, 0.25) is 0 Å². The minimum absolute atomic E-state index is 0.975. The summed E-state index contributed by atoms with van der Waals surface area (Å²) in [7, 11) is 0. The smallest absolute Gasteiger partial charge is 0.0787 e. The predicted molar refractivity (Wildman–Crippen MR) is 311 cm³/mol. The number of hydrogen-bond donors (Lipinski definition) is 0. The molecule has 0 aliphatic rings. The van der Waals surface area contributed by atoms with Crippen LogP contribution in [0.1, 0.15) is 75.1 Å². The molecule has 3 aromatic heterocycles. The molecule has 3 heterocycles. The summed E-state index contributed by atoms with van der Waals surface area (Å²) in [5.74, 6) is 0. The summed E-state index contributed by atoms with van der Waals surface area (Å²) in [5.41, 5.74) is 15.9. The van der Waals surface area contributed by atoms with Crippen LogP contribution in [0.25, 0.3) is 131 Å². The number of hydrogen-bond acceptors (Lipinski definition) is 3. The number of rotatable bonds is 6. The third-order valence-corrected chi connectivity index (χ3v) is 16.0. The number of allylic oxidation sites excluding steroid dienone is 6. The zero-order chi connectivity index (χ0) is 48.8. The lowest BCUT2D eigenvalue weighted by molar-refractivity contribution is 1.29. The van der Waals surface area contributed by atoms with E-state index >= 15 is 0 Å². The molecule has 0 fully saturated rings. The topological polar surface area (TPSA) is 38.7 Å². The highest BCUT2D eigenvalue weighted by Gasteiger charge is 2.18. The van der Waals surface area contributed by atoms with Crippen LogP contribution in [-0.2, 0) is 0 Å². The first kappa shape index (κ1) is 43.2. The molecule has 0 aliphatic heterocycles. The maximum atomic E-state index is 5.21. The summed E-state index contributed by atoms with van der Waals surface area (Å²) < 4.78 is 0. The normalized spacial score (nSPS) is 13.2. The maximum Gasteiger partial charge on any atom is 0.0787 e. The summed E-state index contributed by atoms with van der Waals surface area (Å²) >= 11 is 0. The molecule has 13 aromatic rings. The minimum Gasteiger partial charge on any atom is -0.256 e. The van der Waals surface area contributed by atoms with Gasteiger partial charge < -0.3 is 0 Å². The molecule has 0 spiro atoms. The van der Waals surface area contributed by atoms with Gasteiger partial charge in [-0.25, -0.2) is 0 Å². The van der Waals surface area contributed by atoms with Crippen LogP contribution in [0, 0.1) is 0 Å². The van der Waals surface area contributed by atoms with Gasteiger partial charge in [0.25, 0.3) is 0 Å². The first-order valence-corrected chi connectivity index (χ1v) is 25.0. The average molecular weight is 922 g/mol. The Labute approximate surface area is 419 Å². The molecule has 0 atom stereocenters. The maximum absolute atomic E-state index is 5.21. The first-order chi connectivity index (χ1) is 35.2. The quantitative estimate of drug-likeness (QED) is 0.156. The molecule has 0 N–H and O–H groups in total. The highest BCUT2D eigenvalue weighted by atomic mass is 14.7. The largest absolute Gasteiger partial charge is 0.256 e. The number of fused-ring (bicyclic) bond motifs is 18. The fourth-order valence-electron chi connectivity index (χ4n) is 11.5. The molecule has 3 heteroatoms. The standard InChI is InChI=1S/C69H51N3/c1-40(42(3)49-34-64-58-26-12-8-21-53(58)55-23-15-17-29-61(55)68(64)71-37-49)46-31-47(41(2)43(4)50-35-65-59-27-13-9-22-54(59)56-24-16-18-30-62(56)69(65)72-38-50)33-48(32-46)44(5)45(6)67-36-63-57-25-11-7-19-51(57)52-20-10-14-28-60(52)66(63)39-70-67/h7-39H,1-6H3/b42-40-,43-41-,45-44?. The molecule has 342 valence electrons. The van der Waals surface area contributed by atoms with Crippen molar-refractivity contribution in [2.75, 3.05) is 0 Å². The predicted octanol–water partition coefficient (Wildman–Crippen LogP) is 19.1. The van der Waals surface area contributed by atoms with Crippen molar-refractivity contribution in [2.45, 2.75) is 41.5 Å². The van der Waals surface area contributed by atoms with Gasteiger partial charge in [-0.2, -0.15) is 0 Å². The fourth-order valence-corrected chi connectivity index (χ4v) is 11.5. The third-order valence-electron chi connectivity index (χ3n) is 16.0. The molecular weight excluding hydrogens is 871 g/mol. The number of pyridine rings is 3. The number of aromatic nitrogens is 3. The van der Waals surface area contributed by atoms with E-state index in [0.29, 0.717) is 0 Å². The van der Waals surface area contributed by atoms with E-state index in [1.807, 2.05) is 0 Å². The Morgan fingerprint density at radius 3 is 0.875 bits per heavy atom. The van der Waals surface area contributed by atoms with E-state index in [1.54, 1.807) is 0 Å². The highest BCUT2D eigenvalue weighted by molar-refractivity contribution is 6.27. The first-order valence-electron chi connectivity index (χ1n) is 25.0. The second-order valence-electron chi connectivity index (χ2n) is 19.7. The van der Waals surface area contributed by atoms with Crippen LogP contribution < -0.4 is 0 Å². The minimum atomic E-state index is 0.975. The van der Waals surface area contributed by atoms with Crippen molar-refractivity contribution in [3.05, 3.63) is 234 Å². The second kappa shape index (κ2) is 17.0. The van der Waals surface area contributed by atoms with E-state index < -0.39 is 0 Å². The van der Waals surface area contributed by atoms with Crippen molar-refractivity contribution in [3.8, 4) is 0 Å². The van der Waals surface area contributed by atoms with Gasteiger partial charge >= 0.3 is 0 Å². The molecule has 0 amide bonds. The summed E-state index contributed by atoms with van der Waals surface area (Å²) in [4.78, 5) is 15.6. The van der Waals surface area contributed by atoms with Crippen molar-refractivity contribution in [1.29, 1.82) is 0 Å². The SMILES string of the molecule is CC(=C(C)c1cc2c3ccccc3c3ccccc3c2cn1)c1cc(/C(C)=C(/C)c2cnc3c4ccccc4c4ccccc4c3c2)cc(/C(C)=C(/C)c2cnc3c4ccccc4c4ccccc4c3c2)c1. The molecule has 10 aromatic carbocycles. The van der Waals surface area contributed by atoms with Crippen LogP contribution in [0.15, 0.2) is 201 Å². The van der Waals surface area contributed by atoms with Crippen LogP contribution in [0.3, 0.4) is 0 Å². The molecule has 0 saturated heterocycles. The van der Waals surface area contributed by atoms with Gasteiger partial charge in [0.15, 0.2) is 0 Å². The zero-order valence-corrected chi connectivity index (χ0v) is 41.4. The van der Waals surface area contributed by atoms with E-state index in [-0.39, 0.29) is 0 Å². The lowest BCUT2D eigenvalue weighted by atomic mass is 9.88. The Balaban J connectivity index is 0.997. The molecule has 0 radical (unpaired) electrons. The van der Waals surface area contributed by atoms with E-state index in [2.05, 4.69) is 242 Å². The Morgan fingerprint density at radius 2 is 0.500 bits per heavy atom. The van der Waals surface area contributed by atoms with E-state index in [1.165, 1.54) is 125 Å². The molecular formula is C69H51N3. The zero-order valence-electron chi connectivity index (χ0n) is 41.4. The fraction of sp³-hybridized carbons (Fsp3) is 0.0870. The average Bonchev–Trinajstić information content (AvgIpc) is 3.45. The lowest BCUT2D eigenvalue weighted by Crippen LogP contribution is -1.97. The van der Waals surface area contributed by atoms with Crippen LogP contribution in [0.5, 0.6) is 0 Å². The van der Waals surface area contributed by atoms with Gasteiger partial charge in [-0.3, -0.25) is 15.0 Å². The van der Waals surface area contributed by atoms with Crippen molar-refractivity contribution >= 4 is 131 Å². The van der Waals surface area contributed by atoms with Crippen molar-refractivity contribution in [3.63, 3.8) is 0 Å². The molecule has 0 saturated carbocycles.